The molecule has 1 aliphatic heterocycles. The van der Waals surface area contributed by atoms with Crippen LogP contribution in [0.4, 0.5) is 18.9 Å². The first-order valence-electron chi connectivity index (χ1n) is 9.14. The fraction of sp³-hybridized carbons (Fsp3) is 0.632. The highest BCUT2D eigenvalue weighted by atomic mass is 19.4. The van der Waals surface area contributed by atoms with Gasteiger partial charge in [0.1, 0.15) is 5.75 Å². The molecule has 1 saturated carbocycles. The Morgan fingerprint density at radius 1 is 1.11 bits per heavy atom. The van der Waals surface area contributed by atoms with Gasteiger partial charge < -0.3 is 19.5 Å². The first kappa shape index (κ1) is 19.9. The van der Waals surface area contributed by atoms with Crippen LogP contribution >= 0.6 is 0 Å². The van der Waals surface area contributed by atoms with Crippen LogP contribution in [0, 0.1) is 5.41 Å². The van der Waals surface area contributed by atoms with Crippen molar-refractivity contribution in [1.82, 2.24) is 0 Å². The second-order valence-corrected chi connectivity index (χ2v) is 7.39. The van der Waals surface area contributed by atoms with E-state index >= 15 is 0 Å². The third-order valence-electron chi connectivity index (χ3n) is 5.61. The van der Waals surface area contributed by atoms with Crippen LogP contribution < -0.4 is 9.64 Å². The molecule has 1 heterocycles. The molecule has 1 aliphatic carbocycles. The van der Waals surface area contributed by atoms with Crippen molar-refractivity contribution in [3.05, 3.63) is 24.3 Å². The molecular formula is C19H24F3NO4. The molecule has 5 nitrogen and oxygen atoms in total. The van der Waals surface area contributed by atoms with E-state index in [1.807, 2.05) is 6.92 Å². The summed E-state index contributed by atoms with van der Waals surface area (Å²) in [5.41, 5.74) is -0.827. The minimum absolute atomic E-state index is 0.0227. The van der Waals surface area contributed by atoms with Crippen LogP contribution in [0.3, 0.4) is 0 Å². The zero-order chi connectivity index (χ0) is 19.7. The molecule has 0 bridgehead atoms. The lowest BCUT2D eigenvalue weighted by Crippen LogP contribution is -2.45. The van der Waals surface area contributed by atoms with E-state index < -0.39 is 17.4 Å². The molecule has 8 heteroatoms. The van der Waals surface area contributed by atoms with Gasteiger partial charge in [0.15, 0.2) is 0 Å². The zero-order valence-electron chi connectivity index (χ0n) is 15.2. The highest BCUT2D eigenvalue weighted by molar-refractivity contribution is 6.00. The molecule has 0 aromatic heterocycles. The van der Waals surface area contributed by atoms with E-state index in [9.17, 15) is 23.1 Å². The van der Waals surface area contributed by atoms with E-state index in [0.717, 1.165) is 0 Å². The second kappa shape index (κ2) is 7.31. The van der Waals surface area contributed by atoms with Gasteiger partial charge in [0.05, 0.1) is 17.6 Å². The molecule has 27 heavy (non-hydrogen) atoms. The zero-order valence-corrected chi connectivity index (χ0v) is 15.2. The van der Waals surface area contributed by atoms with Gasteiger partial charge in [0.25, 0.3) is 0 Å². The van der Waals surface area contributed by atoms with Gasteiger partial charge in [-0.25, -0.2) is 0 Å². The molecule has 1 spiro atoms. The van der Waals surface area contributed by atoms with Crippen LogP contribution in [-0.2, 0) is 9.53 Å². The average Bonchev–Trinajstić information content (AvgIpc) is 2.93. The predicted molar refractivity (Wildman–Crippen MR) is 92.4 cm³/mol. The Morgan fingerprint density at radius 2 is 1.74 bits per heavy atom. The Kier molecular flexibility index (Phi) is 5.40. The third-order valence-corrected chi connectivity index (χ3v) is 5.61. The summed E-state index contributed by atoms with van der Waals surface area (Å²) in [7, 11) is 0. The number of carbonyl (C=O) groups excluding carboxylic acids is 1. The van der Waals surface area contributed by atoms with Crippen molar-refractivity contribution in [3.63, 3.8) is 0 Å². The minimum atomic E-state index is -4.74. The Hall–Kier alpha value is -1.80. The average molecular weight is 387 g/mol. The molecule has 1 amide bonds. The Bertz CT molecular complexity index is 667. The first-order valence-corrected chi connectivity index (χ1v) is 9.14. The van der Waals surface area contributed by atoms with Gasteiger partial charge >= 0.3 is 6.36 Å². The van der Waals surface area contributed by atoms with Gasteiger partial charge in [-0.15, -0.1) is 13.2 Å². The van der Waals surface area contributed by atoms with Gasteiger partial charge in [-0.2, -0.15) is 0 Å². The highest BCUT2D eigenvalue weighted by Crippen LogP contribution is 2.48. The SMILES string of the molecule is CCOCC1(O)CCC2(CCN(c3ccc(OC(F)(F)F)cc3)C2=O)CC1. The van der Waals surface area contributed by atoms with Crippen LogP contribution in [0.2, 0.25) is 0 Å². The van der Waals surface area contributed by atoms with Crippen LogP contribution in [0.5, 0.6) is 5.75 Å². The quantitative estimate of drug-likeness (QED) is 0.838. The molecule has 0 radical (unpaired) electrons. The maximum Gasteiger partial charge on any atom is 0.573 e. The number of hydrogen-bond donors (Lipinski definition) is 1. The van der Waals surface area contributed by atoms with Crippen molar-refractivity contribution in [3.8, 4) is 5.75 Å². The maximum absolute atomic E-state index is 13.0. The number of aliphatic hydroxyl groups is 1. The third kappa shape index (κ3) is 4.38. The molecule has 1 aromatic carbocycles. The highest BCUT2D eigenvalue weighted by Gasteiger charge is 2.51. The van der Waals surface area contributed by atoms with Crippen LogP contribution in [0.15, 0.2) is 24.3 Å². The van der Waals surface area contributed by atoms with Crippen molar-refractivity contribution >= 4 is 11.6 Å². The van der Waals surface area contributed by atoms with Crippen LogP contribution in [0.1, 0.15) is 39.0 Å². The van der Waals surface area contributed by atoms with Gasteiger partial charge in [-0.3, -0.25) is 4.79 Å². The number of hydrogen-bond acceptors (Lipinski definition) is 4. The number of amides is 1. The molecule has 2 fully saturated rings. The van der Waals surface area contributed by atoms with E-state index in [2.05, 4.69) is 4.74 Å². The summed E-state index contributed by atoms with van der Waals surface area (Å²) in [4.78, 5) is 14.6. The summed E-state index contributed by atoms with van der Waals surface area (Å²) in [5.74, 6) is -0.336. The summed E-state index contributed by atoms with van der Waals surface area (Å²) in [5, 5.41) is 10.6. The van der Waals surface area contributed by atoms with E-state index in [1.165, 1.54) is 24.3 Å². The molecule has 1 aromatic rings. The Balaban J connectivity index is 1.65. The minimum Gasteiger partial charge on any atom is -0.406 e. The number of carbonyl (C=O) groups is 1. The molecule has 0 unspecified atom stereocenters. The first-order chi connectivity index (χ1) is 12.7. The fourth-order valence-corrected chi connectivity index (χ4v) is 3.99. The largest absolute Gasteiger partial charge is 0.573 e. The molecular weight excluding hydrogens is 363 g/mol. The summed E-state index contributed by atoms with van der Waals surface area (Å²) in [6.07, 6.45) is -1.88. The number of alkyl halides is 3. The molecule has 3 rings (SSSR count). The number of benzene rings is 1. The van der Waals surface area contributed by atoms with Gasteiger partial charge in [-0.1, -0.05) is 0 Å². The molecule has 2 aliphatic rings. The van der Waals surface area contributed by atoms with Gasteiger partial charge in [-0.05, 0) is 63.3 Å². The standard InChI is InChI=1S/C19H24F3NO4/c1-2-26-13-18(25)9-7-17(8-10-18)11-12-23(16(17)24)14-3-5-15(6-4-14)27-19(20,21)22/h3-6,25H,2,7-13H2,1H3. The molecule has 1 N–H and O–H groups in total. The smallest absolute Gasteiger partial charge is 0.406 e. The Labute approximate surface area is 156 Å². The molecule has 150 valence electrons. The number of rotatable bonds is 5. The molecule has 0 atom stereocenters. The van der Waals surface area contributed by atoms with E-state index in [4.69, 9.17) is 4.74 Å². The Morgan fingerprint density at radius 3 is 2.30 bits per heavy atom. The fourth-order valence-electron chi connectivity index (χ4n) is 3.99. The number of halogens is 3. The predicted octanol–water partition coefficient (Wildman–Crippen LogP) is 3.65. The maximum atomic E-state index is 13.0. The topological polar surface area (TPSA) is 59.0 Å². The second-order valence-electron chi connectivity index (χ2n) is 7.39. The van der Waals surface area contributed by atoms with Gasteiger partial charge in [0.2, 0.25) is 5.91 Å². The lowest BCUT2D eigenvalue weighted by Gasteiger charge is -2.40. The lowest BCUT2D eigenvalue weighted by molar-refractivity contribution is -0.274. The van der Waals surface area contributed by atoms with Crippen LogP contribution in [-0.4, -0.2) is 42.7 Å². The van der Waals surface area contributed by atoms with Crippen molar-refractivity contribution in [2.45, 2.75) is 51.0 Å². The monoisotopic (exact) mass is 387 g/mol. The van der Waals surface area contributed by atoms with E-state index in [-0.39, 0.29) is 18.3 Å². The van der Waals surface area contributed by atoms with Crippen LogP contribution in [0.25, 0.3) is 0 Å². The van der Waals surface area contributed by atoms with Crippen molar-refractivity contribution < 1.29 is 32.5 Å². The number of ether oxygens (including phenoxy) is 2. The van der Waals surface area contributed by atoms with E-state index in [0.29, 0.717) is 50.9 Å². The van der Waals surface area contributed by atoms with Gasteiger partial charge in [0, 0.05) is 18.8 Å². The summed E-state index contributed by atoms with van der Waals surface area (Å²) < 4.78 is 46.0. The normalized spacial score (nSPS) is 28.8. The van der Waals surface area contributed by atoms with E-state index in [1.54, 1.807) is 4.90 Å². The number of nitrogens with zero attached hydrogens (tertiary/aromatic N) is 1. The van der Waals surface area contributed by atoms with Crippen molar-refractivity contribution in [1.29, 1.82) is 0 Å². The summed E-state index contributed by atoms with van der Waals surface area (Å²) >= 11 is 0. The summed E-state index contributed by atoms with van der Waals surface area (Å²) in [6.45, 7) is 3.20. The van der Waals surface area contributed by atoms with Crippen molar-refractivity contribution in [2.75, 3.05) is 24.7 Å². The summed E-state index contributed by atoms with van der Waals surface area (Å²) in [6, 6.07) is 5.35. The number of anilines is 1. The van der Waals surface area contributed by atoms with Crippen molar-refractivity contribution in [2.24, 2.45) is 5.41 Å². The molecule has 1 saturated heterocycles. The lowest BCUT2D eigenvalue weighted by atomic mass is 9.68.